The van der Waals surface area contributed by atoms with Gasteiger partial charge in [-0.15, -0.1) is 0 Å². The maximum absolute atomic E-state index is 13.3. The Bertz CT molecular complexity index is 1620. The Balaban J connectivity index is 0.000000212. The summed E-state index contributed by atoms with van der Waals surface area (Å²) in [6, 6.07) is 13.9. The molecule has 5 aromatic rings. The first-order valence-corrected chi connectivity index (χ1v) is 11.6. The Morgan fingerprint density at radius 3 is 1.87 bits per heavy atom. The molecule has 3 aromatic carbocycles. The van der Waals surface area contributed by atoms with Crippen molar-refractivity contribution in [2.24, 2.45) is 0 Å². The lowest BCUT2D eigenvalue weighted by Crippen LogP contribution is -2.06. The standard InChI is InChI=1S/C18H18FN3O3.C9H8FN3O/c1-23-13-6-4-11(16(9-13)24-2)10-20-17-18(25-3)22-15-8-12(19)5-7-14(15)21-17;1-14-9-8(11)12-6-3-2-5(10)4-7(6)13-9/h4-9H,10H2,1-3H3,(H,20,21);2-4H,1H3,(H2,11,12). The molecule has 0 radical (unpaired) electrons. The van der Waals surface area contributed by atoms with Gasteiger partial charge in [0.25, 0.3) is 11.8 Å². The van der Waals surface area contributed by atoms with Crippen LogP contribution in [-0.4, -0.2) is 48.4 Å². The topological polar surface area (TPSA) is 127 Å². The molecule has 3 N–H and O–H groups in total. The van der Waals surface area contributed by atoms with E-state index in [0.717, 1.165) is 5.56 Å². The number of nitrogens with two attached hydrogens (primary N) is 1. The molecule has 10 nitrogen and oxygen atoms in total. The van der Waals surface area contributed by atoms with Crippen molar-refractivity contribution in [1.29, 1.82) is 0 Å². The van der Waals surface area contributed by atoms with Gasteiger partial charge in [0.05, 0.1) is 50.5 Å². The lowest BCUT2D eigenvalue weighted by atomic mass is 10.2. The zero-order valence-corrected chi connectivity index (χ0v) is 21.7. The molecule has 202 valence electrons. The fourth-order valence-electron chi connectivity index (χ4n) is 3.62. The smallest absolute Gasteiger partial charge is 0.257 e. The highest BCUT2D eigenvalue weighted by molar-refractivity contribution is 5.78. The summed E-state index contributed by atoms with van der Waals surface area (Å²) in [5.41, 5.74) is 8.45. The van der Waals surface area contributed by atoms with Crippen LogP contribution < -0.4 is 30.0 Å². The number of aromatic nitrogens is 4. The molecule has 0 fully saturated rings. The highest BCUT2D eigenvalue weighted by Gasteiger charge is 2.12. The van der Waals surface area contributed by atoms with E-state index < -0.39 is 0 Å². The third kappa shape index (κ3) is 6.29. The molecule has 0 bridgehead atoms. The van der Waals surface area contributed by atoms with Crippen LogP contribution in [0.5, 0.6) is 23.3 Å². The van der Waals surface area contributed by atoms with Gasteiger partial charge in [-0.2, -0.15) is 0 Å². The van der Waals surface area contributed by atoms with Gasteiger partial charge in [0.15, 0.2) is 11.6 Å². The molecule has 2 aromatic heterocycles. The molecule has 0 spiro atoms. The number of fused-ring (bicyclic) bond motifs is 2. The third-order valence-electron chi connectivity index (χ3n) is 5.54. The Hall–Kier alpha value is -5.00. The molecule has 0 aliphatic heterocycles. The van der Waals surface area contributed by atoms with Crippen LogP contribution in [0.3, 0.4) is 0 Å². The molecule has 2 heterocycles. The van der Waals surface area contributed by atoms with E-state index in [2.05, 4.69) is 25.3 Å². The predicted octanol–water partition coefficient (Wildman–Crippen LogP) is 4.77. The Labute approximate surface area is 222 Å². The van der Waals surface area contributed by atoms with Crippen molar-refractivity contribution in [3.05, 3.63) is 71.8 Å². The van der Waals surface area contributed by atoms with E-state index in [0.29, 0.717) is 51.8 Å². The summed E-state index contributed by atoms with van der Waals surface area (Å²) in [4.78, 5) is 16.8. The summed E-state index contributed by atoms with van der Waals surface area (Å²) in [6.45, 7) is 0.449. The van der Waals surface area contributed by atoms with Crippen molar-refractivity contribution >= 4 is 33.7 Å². The molecular weight excluding hydrogens is 510 g/mol. The van der Waals surface area contributed by atoms with Crippen LogP contribution in [0.2, 0.25) is 0 Å². The molecular formula is C27H26F2N6O4. The summed E-state index contributed by atoms with van der Waals surface area (Å²) in [7, 11) is 6.13. The molecule has 5 rings (SSSR count). The highest BCUT2D eigenvalue weighted by atomic mass is 19.1. The van der Waals surface area contributed by atoms with E-state index in [9.17, 15) is 8.78 Å². The molecule has 0 saturated heterocycles. The second-order valence-electron chi connectivity index (χ2n) is 8.00. The average molecular weight is 537 g/mol. The Morgan fingerprint density at radius 2 is 1.28 bits per heavy atom. The van der Waals surface area contributed by atoms with Crippen molar-refractivity contribution in [1.82, 2.24) is 19.9 Å². The van der Waals surface area contributed by atoms with Gasteiger partial charge in [0.1, 0.15) is 23.1 Å². The van der Waals surface area contributed by atoms with Gasteiger partial charge in [0, 0.05) is 30.3 Å². The van der Waals surface area contributed by atoms with E-state index in [4.69, 9.17) is 24.7 Å². The van der Waals surface area contributed by atoms with Crippen LogP contribution in [0, 0.1) is 11.6 Å². The number of hydrogen-bond acceptors (Lipinski definition) is 10. The molecule has 0 aliphatic rings. The van der Waals surface area contributed by atoms with Crippen molar-refractivity contribution in [3.8, 4) is 23.3 Å². The number of nitrogen functional groups attached to an aromatic ring is 1. The number of nitrogens with one attached hydrogen (secondary N) is 1. The minimum absolute atomic E-state index is 0.201. The first-order chi connectivity index (χ1) is 18.8. The maximum atomic E-state index is 13.3. The summed E-state index contributed by atoms with van der Waals surface area (Å²) in [5, 5.41) is 3.19. The minimum atomic E-state index is -0.368. The van der Waals surface area contributed by atoms with Gasteiger partial charge in [-0.1, -0.05) is 0 Å². The fourth-order valence-corrected chi connectivity index (χ4v) is 3.62. The lowest BCUT2D eigenvalue weighted by Gasteiger charge is -2.13. The number of ether oxygens (including phenoxy) is 4. The van der Waals surface area contributed by atoms with Crippen LogP contribution in [0.15, 0.2) is 54.6 Å². The Morgan fingerprint density at radius 1 is 0.667 bits per heavy atom. The summed E-state index contributed by atoms with van der Waals surface area (Å²) >= 11 is 0. The minimum Gasteiger partial charge on any atom is -0.497 e. The van der Waals surface area contributed by atoms with Gasteiger partial charge in [-0.3, -0.25) is 0 Å². The summed E-state index contributed by atoms with van der Waals surface area (Å²) < 4.78 is 46.9. The number of rotatable bonds is 7. The normalized spacial score (nSPS) is 10.5. The second kappa shape index (κ2) is 12.0. The lowest BCUT2D eigenvalue weighted by molar-refractivity contribution is 0.391. The monoisotopic (exact) mass is 536 g/mol. The fraction of sp³-hybridized carbons (Fsp3) is 0.185. The quantitative estimate of drug-likeness (QED) is 0.300. The molecule has 0 unspecified atom stereocenters. The van der Waals surface area contributed by atoms with Gasteiger partial charge < -0.3 is 30.0 Å². The molecule has 12 heteroatoms. The van der Waals surface area contributed by atoms with Crippen molar-refractivity contribution < 1.29 is 27.7 Å². The van der Waals surface area contributed by atoms with Crippen LogP contribution in [-0.2, 0) is 6.54 Å². The first-order valence-electron chi connectivity index (χ1n) is 11.6. The number of methoxy groups -OCH3 is 4. The zero-order chi connectivity index (χ0) is 27.9. The predicted molar refractivity (Wildman–Crippen MR) is 143 cm³/mol. The van der Waals surface area contributed by atoms with Crippen molar-refractivity contribution in [3.63, 3.8) is 0 Å². The van der Waals surface area contributed by atoms with Crippen LogP contribution in [0.1, 0.15) is 5.56 Å². The molecule has 0 aliphatic carbocycles. The van der Waals surface area contributed by atoms with E-state index in [1.54, 1.807) is 20.3 Å². The van der Waals surface area contributed by atoms with Crippen molar-refractivity contribution in [2.75, 3.05) is 39.5 Å². The second-order valence-corrected chi connectivity index (χ2v) is 8.00. The molecule has 0 saturated carbocycles. The molecule has 39 heavy (non-hydrogen) atoms. The van der Waals surface area contributed by atoms with Crippen LogP contribution in [0.25, 0.3) is 22.1 Å². The summed E-state index contributed by atoms with van der Waals surface area (Å²) in [5.74, 6) is 1.86. The number of halogens is 2. The van der Waals surface area contributed by atoms with E-state index in [-0.39, 0.29) is 23.3 Å². The van der Waals surface area contributed by atoms with Crippen LogP contribution >= 0.6 is 0 Å². The van der Waals surface area contributed by atoms with E-state index in [1.165, 1.54) is 44.6 Å². The summed E-state index contributed by atoms with van der Waals surface area (Å²) in [6.07, 6.45) is 0. The SMILES string of the molecule is COc1ccc(CNc2nc3ccc(F)cc3nc2OC)c(OC)c1.COc1nc2cc(F)ccc2nc1N. The van der Waals surface area contributed by atoms with E-state index >= 15 is 0 Å². The van der Waals surface area contributed by atoms with E-state index in [1.807, 2.05) is 18.2 Å². The van der Waals surface area contributed by atoms with Gasteiger partial charge in [-0.05, 0) is 36.4 Å². The van der Waals surface area contributed by atoms with Gasteiger partial charge in [-0.25, -0.2) is 28.7 Å². The largest absolute Gasteiger partial charge is 0.497 e. The maximum Gasteiger partial charge on any atom is 0.257 e. The molecule has 0 atom stereocenters. The number of anilines is 2. The first kappa shape index (κ1) is 27.0. The third-order valence-corrected chi connectivity index (χ3v) is 5.54. The van der Waals surface area contributed by atoms with Gasteiger partial charge in [0.2, 0.25) is 0 Å². The Kier molecular flexibility index (Phi) is 8.34. The van der Waals surface area contributed by atoms with Gasteiger partial charge >= 0.3 is 0 Å². The van der Waals surface area contributed by atoms with Crippen molar-refractivity contribution in [2.45, 2.75) is 6.54 Å². The zero-order valence-electron chi connectivity index (χ0n) is 21.7. The number of nitrogens with zero attached hydrogens (tertiary/aromatic N) is 4. The van der Waals surface area contributed by atoms with Crippen LogP contribution in [0.4, 0.5) is 20.4 Å². The molecule has 0 amide bonds. The highest BCUT2D eigenvalue weighted by Crippen LogP contribution is 2.28. The average Bonchev–Trinajstić information content (AvgIpc) is 2.95. The number of benzene rings is 3. The number of hydrogen-bond donors (Lipinski definition) is 2.